The second-order valence-electron chi connectivity index (χ2n) is 10.2. The number of pyridine rings is 4. The summed E-state index contributed by atoms with van der Waals surface area (Å²) in [7, 11) is 2.52. The second-order valence-corrected chi connectivity index (χ2v) is 10.2. The molecule has 2 aromatic carbocycles. The molecule has 0 saturated carbocycles. The number of hydrogen-bond acceptors (Lipinski definition) is 10. The normalized spacial score (nSPS) is 10.3. The maximum Gasteiger partial charge on any atom is 0.358 e. The van der Waals surface area contributed by atoms with Gasteiger partial charge in [0.1, 0.15) is 11.6 Å². The molecule has 0 aliphatic carbocycles. The van der Waals surface area contributed by atoms with Gasteiger partial charge in [0.2, 0.25) is 0 Å². The molecule has 0 aliphatic rings. The summed E-state index contributed by atoms with van der Waals surface area (Å²) in [5, 5.41) is 0. The van der Waals surface area contributed by atoms with Gasteiger partial charge in [0.15, 0.2) is 11.4 Å². The summed E-state index contributed by atoms with van der Waals surface area (Å²) in [5.74, 6) is -2.24. The fraction of sp³-hybridized carbons (Fsp3) is 0.0541. The maximum absolute atomic E-state index is 13.6. The van der Waals surface area contributed by atoms with Crippen LogP contribution in [0, 0.1) is 11.6 Å². The first-order chi connectivity index (χ1) is 23.8. The molecule has 49 heavy (non-hydrogen) atoms. The Balaban J connectivity index is 0.000000221. The van der Waals surface area contributed by atoms with Crippen LogP contribution in [0.1, 0.15) is 32.1 Å². The van der Waals surface area contributed by atoms with E-state index in [0.717, 1.165) is 23.5 Å². The number of carbonyl (C=O) groups excluding carboxylic acids is 2. The van der Waals surface area contributed by atoms with Gasteiger partial charge in [-0.3, -0.25) is 9.97 Å². The molecular weight excluding hydrogens is 630 g/mol. The van der Waals surface area contributed by atoms with E-state index < -0.39 is 23.6 Å². The predicted octanol–water partition coefficient (Wildman–Crippen LogP) is 6.89. The van der Waals surface area contributed by atoms with Crippen LogP contribution in [0.15, 0.2) is 127 Å². The van der Waals surface area contributed by atoms with E-state index in [0.29, 0.717) is 33.9 Å². The van der Waals surface area contributed by atoms with Crippen molar-refractivity contribution in [2.75, 3.05) is 20.0 Å². The molecule has 0 unspecified atom stereocenters. The van der Waals surface area contributed by atoms with E-state index in [4.69, 9.17) is 15.5 Å². The van der Waals surface area contributed by atoms with E-state index in [-0.39, 0.29) is 17.1 Å². The van der Waals surface area contributed by atoms with Crippen molar-refractivity contribution < 1.29 is 27.8 Å². The molecule has 6 aromatic rings. The van der Waals surface area contributed by atoms with Crippen LogP contribution < -0.4 is 5.73 Å². The summed E-state index contributed by atoms with van der Waals surface area (Å²) in [6.07, 6.45) is 5.12. The minimum absolute atomic E-state index is 0.000684. The third kappa shape index (κ3) is 8.37. The summed E-state index contributed by atoms with van der Waals surface area (Å²) in [5.41, 5.74) is 10.4. The smallest absolute Gasteiger partial charge is 0.358 e. The highest BCUT2D eigenvalue weighted by Crippen LogP contribution is 2.27. The zero-order valence-electron chi connectivity index (χ0n) is 26.2. The van der Waals surface area contributed by atoms with Crippen molar-refractivity contribution in [3.8, 4) is 22.5 Å². The number of carbonyl (C=O) groups is 2. The molecule has 12 heteroatoms. The highest BCUT2D eigenvalue weighted by molar-refractivity contribution is 6.14. The molecule has 0 saturated heterocycles. The third-order valence-corrected chi connectivity index (χ3v) is 6.89. The van der Waals surface area contributed by atoms with Gasteiger partial charge in [-0.2, -0.15) is 0 Å². The summed E-state index contributed by atoms with van der Waals surface area (Å²) in [4.78, 5) is 44.7. The van der Waals surface area contributed by atoms with Gasteiger partial charge in [-0.25, -0.2) is 33.3 Å². The van der Waals surface area contributed by atoms with Gasteiger partial charge >= 0.3 is 11.9 Å². The van der Waals surface area contributed by atoms with E-state index in [9.17, 15) is 18.4 Å². The van der Waals surface area contributed by atoms with E-state index in [1.54, 1.807) is 18.2 Å². The second kappa shape index (κ2) is 15.7. The average molecular weight is 659 g/mol. The van der Waals surface area contributed by atoms with Gasteiger partial charge in [-0.15, -0.1) is 0 Å². The van der Waals surface area contributed by atoms with Crippen molar-refractivity contribution in [1.82, 2.24) is 19.9 Å². The summed E-state index contributed by atoms with van der Waals surface area (Å²) in [6, 6.07) is 28.4. The number of methoxy groups -OCH3 is 2. The molecule has 0 aliphatic heterocycles. The van der Waals surface area contributed by atoms with Gasteiger partial charge in [-0.05, 0) is 36.4 Å². The van der Waals surface area contributed by atoms with Crippen LogP contribution in [0.25, 0.3) is 22.5 Å². The van der Waals surface area contributed by atoms with Gasteiger partial charge in [0.05, 0.1) is 55.1 Å². The Hall–Kier alpha value is -6.69. The maximum atomic E-state index is 13.6. The molecular formula is C37H28F2N6O4. The predicted molar refractivity (Wildman–Crippen MR) is 180 cm³/mol. The molecule has 0 amide bonds. The summed E-state index contributed by atoms with van der Waals surface area (Å²) in [6.45, 7) is 0. The Morgan fingerprint density at radius 1 is 0.633 bits per heavy atom. The number of anilines is 1. The number of aromatic nitrogens is 4. The standard InChI is InChI=1S/C25H18FN3O2.C12H10FN3O2/c1-31-25(30)24-22(13-12-21(28-24)19-14-20(26)16-27-15-19)29-23(17-8-4-2-5-9-17)18-10-6-3-7-11-18;1-18-12(17)11-9(14)2-3-10(16-11)7-4-8(13)6-15-5-7/h2-16H,1H3;2-6H,14H2,1H3. The van der Waals surface area contributed by atoms with E-state index >= 15 is 0 Å². The first kappa shape index (κ1) is 33.7. The number of nitrogens with zero attached hydrogens (tertiary/aromatic N) is 5. The highest BCUT2D eigenvalue weighted by atomic mass is 19.1. The Labute approximate surface area is 280 Å². The van der Waals surface area contributed by atoms with Crippen molar-refractivity contribution in [2.45, 2.75) is 0 Å². The minimum Gasteiger partial charge on any atom is -0.464 e. The summed E-state index contributed by atoms with van der Waals surface area (Å²) >= 11 is 0. The van der Waals surface area contributed by atoms with Crippen LogP contribution in [-0.2, 0) is 9.47 Å². The Kier molecular flexibility index (Phi) is 10.8. The van der Waals surface area contributed by atoms with Gasteiger partial charge < -0.3 is 15.2 Å². The van der Waals surface area contributed by atoms with Crippen molar-refractivity contribution in [1.29, 1.82) is 0 Å². The molecule has 0 spiro atoms. The van der Waals surface area contributed by atoms with Crippen LogP contribution in [-0.4, -0.2) is 51.8 Å². The van der Waals surface area contributed by atoms with Crippen LogP contribution in [0.5, 0.6) is 0 Å². The van der Waals surface area contributed by atoms with E-state index in [1.165, 1.54) is 44.8 Å². The van der Waals surface area contributed by atoms with E-state index in [1.807, 2.05) is 60.7 Å². The number of nitrogen functional groups attached to an aromatic ring is 1. The average Bonchev–Trinajstić information content (AvgIpc) is 3.14. The Morgan fingerprint density at radius 2 is 1.10 bits per heavy atom. The van der Waals surface area contributed by atoms with Gasteiger partial charge in [-0.1, -0.05) is 60.7 Å². The van der Waals surface area contributed by atoms with Crippen molar-refractivity contribution in [2.24, 2.45) is 4.99 Å². The largest absolute Gasteiger partial charge is 0.464 e. The monoisotopic (exact) mass is 658 g/mol. The number of nitrogens with two attached hydrogens (primary N) is 1. The number of benzene rings is 2. The SMILES string of the molecule is COC(=O)c1nc(-c2cncc(F)c2)ccc1N.COC(=O)c1nc(-c2cncc(F)c2)ccc1N=C(c1ccccc1)c1ccccc1. The van der Waals surface area contributed by atoms with Gasteiger partial charge in [0, 0.05) is 34.6 Å². The highest BCUT2D eigenvalue weighted by Gasteiger charge is 2.18. The lowest BCUT2D eigenvalue weighted by molar-refractivity contribution is 0.0586. The molecule has 2 N–H and O–H groups in total. The quantitative estimate of drug-likeness (QED) is 0.143. The fourth-order valence-corrected chi connectivity index (χ4v) is 4.55. The lowest BCUT2D eigenvalue weighted by Gasteiger charge is -2.11. The van der Waals surface area contributed by atoms with Crippen LogP contribution >= 0.6 is 0 Å². The Bertz CT molecular complexity index is 2090. The molecule has 4 heterocycles. The van der Waals surface area contributed by atoms with Crippen LogP contribution in [0.3, 0.4) is 0 Å². The molecule has 0 radical (unpaired) electrons. The third-order valence-electron chi connectivity index (χ3n) is 6.89. The van der Waals surface area contributed by atoms with Crippen LogP contribution in [0.2, 0.25) is 0 Å². The molecule has 0 fully saturated rings. The Morgan fingerprint density at radius 3 is 1.59 bits per heavy atom. The van der Waals surface area contributed by atoms with Crippen molar-refractivity contribution in [3.05, 3.63) is 156 Å². The lowest BCUT2D eigenvalue weighted by Crippen LogP contribution is -2.09. The number of aliphatic imine (C=N–C) groups is 1. The fourth-order valence-electron chi connectivity index (χ4n) is 4.55. The zero-order chi connectivity index (χ0) is 34.8. The van der Waals surface area contributed by atoms with E-state index in [2.05, 4.69) is 24.7 Å². The minimum atomic E-state index is -0.640. The first-order valence-electron chi connectivity index (χ1n) is 14.6. The number of halogens is 2. The first-order valence-corrected chi connectivity index (χ1v) is 14.6. The van der Waals surface area contributed by atoms with Crippen molar-refractivity contribution >= 4 is 29.0 Å². The molecule has 0 atom stereocenters. The topological polar surface area (TPSA) is 143 Å². The molecule has 0 bridgehead atoms. The molecule has 4 aromatic heterocycles. The number of ether oxygens (including phenoxy) is 2. The molecule has 6 rings (SSSR count). The van der Waals surface area contributed by atoms with Crippen molar-refractivity contribution in [3.63, 3.8) is 0 Å². The number of esters is 2. The molecule has 10 nitrogen and oxygen atoms in total. The lowest BCUT2D eigenvalue weighted by atomic mass is 10.0. The van der Waals surface area contributed by atoms with Crippen LogP contribution in [0.4, 0.5) is 20.2 Å². The zero-order valence-corrected chi connectivity index (χ0v) is 26.2. The number of rotatable bonds is 7. The summed E-state index contributed by atoms with van der Waals surface area (Å²) < 4.78 is 36.1. The number of hydrogen-bond donors (Lipinski definition) is 1. The van der Waals surface area contributed by atoms with Gasteiger partial charge in [0.25, 0.3) is 0 Å². The molecule has 244 valence electrons.